The van der Waals surface area contributed by atoms with Gasteiger partial charge in [0, 0.05) is 17.1 Å². The monoisotopic (exact) mass is 435 g/mol. The lowest BCUT2D eigenvalue weighted by molar-refractivity contribution is -0.251. The molecule has 158 valence electrons. The van der Waals surface area contributed by atoms with Crippen LogP contribution in [0, 0.1) is 5.41 Å². The second-order valence-corrected chi connectivity index (χ2v) is 9.18. The Labute approximate surface area is 185 Å². The highest BCUT2D eigenvalue weighted by atomic mass is 35.5. The number of aliphatic hydroxyl groups is 1. The Balaban J connectivity index is 1.73. The third-order valence-electron chi connectivity index (χ3n) is 7.67. The molecule has 0 saturated carbocycles. The smallest absolute Gasteiger partial charge is 0.317 e. The number of carbonyl (C=O) groups excluding carboxylic acids is 1. The Hall–Kier alpha value is -2.44. The van der Waals surface area contributed by atoms with E-state index in [1.54, 1.807) is 12.1 Å². The second kappa shape index (κ2) is 6.08. The largest absolute Gasteiger partial charge is 0.468 e. The van der Waals surface area contributed by atoms with Gasteiger partial charge < -0.3 is 14.6 Å². The van der Waals surface area contributed by atoms with Crippen molar-refractivity contribution in [3.05, 3.63) is 82.4 Å². The number of benzene rings is 3. The molecule has 3 aliphatic rings. The van der Waals surface area contributed by atoms with Gasteiger partial charge in [-0.15, -0.1) is 0 Å². The minimum Gasteiger partial charge on any atom is -0.468 e. The summed E-state index contributed by atoms with van der Waals surface area (Å²) in [5.41, 5.74) is 0.147. The van der Waals surface area contributed by atoms with Crippen LogP contribution in [0.1, 0.15) is 29.2 Å². The molecule has 31 heavy (non-hydrogen) atoms. The van der Waals surface area contributed by atoms with Gasteiger partial charge in [0.1, 0.15) is 17.1 Å². The highest BCUT2D eigenvalue weighted by Gasteiger charge is 2.84. The van der Waals surface area contributed by atoms with Crippen molar-refractivity contribution < 1.29 is 19.4 Å². The molecule has 2 fully saturated rings. The predicted octanol–water partition coefficient (Wildman–Crippen LogP) is 4.11. The molecule has 0 bridgehead atoms. The number of carbonyl (C=O) groups is 1. The number of ether oxygens (including phenoxy) is 2. The van der Waals surface area contributed by atoms with Gasteiger partial charge in [-0.3, -0.25) is 9.69 Å². The molecule has 6 heteroatoms. The van der Waals surface area contributed by atoms with Crippen LogP contribution < -0.4 is 0 Å². The number of hydrogen-bond acceptors (Lipinski definition) is 5. The number of halogens is 1. The minimum absolute atomic E-state index is 0.377. The standard InChI is InChI=1S/C25H22ClNO4/c1-27-14-13-23(22(28)30-2)21(16-9-11-17(26)12-10-16)31-25(29)19-8-4-6-15-5-3-7-18(20(15)19)24(23,25)27/h3-12,21,29H,13-14H2,1-2H3/t21-,23+,24?,25-/m0/s1. The normalized spacial score (nSPS) is 33.5. The van der Waals surface area contributed by atoms with E-state index in [1.165, 1.54) is 7.11 Å². The highest BCUT2D eigenvalue weighted by molar-refractivity contribution is 6.30. The maximum atomic E-state index is 13.7. The first-order chi connectivity index (χ1) is 14.9. The van der Waals surface area contributed by atoms with Gasteiger partial charge in [0.15, 0.2) is 0 Å². The van der Waals surface area contributed by atoms with E-state index in [0.717, 1.165) is 21.9 Å². The first-order valence-corrected chi connectivity index (χ1v) is 10.8. The van der Waals surface area contributed by atoms with E-state index in [1.807, 2.05) is 55.6 Å². The van der Waals surface area contributed by atoms with Crippen molar-refractivity contribution in [3.63, 3.8) is 0 Å². The zero-order chi connectivity index (χ0) is 21.6. The second-order valence-electron chi connectivity index (χ2n) is 8.75. The number of likely N-dealkylation sites (tertiary alicyclic amines) is 1. The number of methoxy groups -OCH3 is 1. The molecule has 0 radical (unpaired) electrons. The van der Waals surface area contributed by atoms with Crippen molar-refractivity contribution >= 4 is 28.3 Å². The van der Waals surface area contributed by atoms with E-state index in [9.17, 15) is 9.90 Å². The van der Waals surface area contributed by atoms with Crippen LogP contribution in [0.25, 0.3) is 10.8 Å². The highest BCUT2D eigenvalue weighted by Crippen LogP contribution is 2.75. The molecule has 2 heterocycles. The Morgan fingerprint density at radius 2 is 1.81 bits per heavy atom. The summed E-state index contributed by atoms with van der Waals surface area (Å²) >= 11 is 6.13. The van der Waals surface area contributed by atoms with Crippen molar-refractivity contribution in [2.75, 3.05) is 20.7 Å². The van der Waals surface area contributed by atoms with Crippen molar-refractivity contribution in [2.24, 2.45) is 5.41 Å². The molecule has 5 nitrogen and oxygen atoms in total. The van der Waals surface area contributed by atoms with Gasteiger partial charge in [-0.2, -0.15) is 0 Å². The molecule has 6 rings (SSSR count). The lowest BCUT2D eigenvalue weighted by Gasteiger charge is -2.45. The summed E-state index contributed by atoms with van der Waals surface area (Å²) in [5, 5.41) is 15.0. The molecule has 3 aromatic rings. The summed E-state index contributed by atoms with van der Waals surface area (Å²) in [5.74, 6) is -2.09. The van der Waals surface area contributed by atoms with E-state index >= 15 is 0 Å². The predicted molar refractivity (Wildman–Crippen MR) is 116 cm³/mol. The molecular weight excluding hydrogens is 414 g/mol. The topological polar surface area (TPSA) is 59.0 Å². The lowest BCUT2D eigenvalue weighted by atomic mass is 9.62. The van der Waals surface area contributed by atoms with Gasteiger partial charge in [0.25, 0.3) is 0 Å². The molecule has 1 spiro atoms. The SMILES string of the molecule is COC(=O)[C@]12CCN(C)C13c1cccc4cccc(c14)[C@]3(O)O[C@H]2c1ccc(Cl)cc1. The third-order valence-corrected chi connectivity index (χ3v) is 7.92. The molecule has 1 unspecified atom stereocenters. The molecule has 0 amide bonds. The Morgan fingerprint density at radius 3 is 2.48 bits per heavy atom. The van der Waals surface area contributed by atoms with Crippen LogP contribution in [0.4, 0.5) is 0 Å². The number of fused-ring (bicyclic) bond motifs is 1. The first kappa shape index (κ1) is 19.3. The van der Waals surface area contributed by atoms with Gasteiger partial charge in [0.2, 0.25) is 5.79 Å². The minimum atomic E-state index is -1.71. The van der Waals surface area contributed by atoms with E-state index in [-0.39, 0.29) is 5.97 Å². The molecule has 4 atom stereocenters. The summed E-state index contributed by atoms with van der Waals surface area (Å²) in [4.78, 5) is 15.8. The van der Waals surface area contributed by atoms with E-state index in [2.05, 4.69) is 4.90 Å². The fourth-order valence-corrected chi connectivity index (χ4v) is 6.74. The zero-order valence-corrected chi connectivity index (χ0v) is 18.0. The number of hydrogen-bond donors (Lipinski definition) is 1. The lowest BCUT2D eigenvalue weighted by Crippen LogP contribution is -2.59. The maximum absolute atomic E-state index is 13.7. The Morgan fingerprint density at radius 1 is 1.13 bits per heavy atom. The number of nitrogens with zero attached hydrogens (tertiary/aromatic N) is 1. The van der Waals surface area contributed by atoms with Crippen LogP contribution in [-0.4, -0.2) is 36.7 Å². The van der Waals surface area contributed by atoms with E-state index in [0.29, 0.717) is 23.6 Å². The molecule has 2 aliphatic heterocycles. The summed E-state index contributed by atoms with van der Waals surface area (Å²) in [6.45, 7) is 0.620. The van der Waals surface area contributed by atoms with Crippen LogP contribution in [0.15, 0.2) is 60.7 Å². The van der Waals surface area contributed by atoms with Crippen LogP contribution in [-0.2, 0) is 25.6 Å². The summed E-state index contributed by atoms with van der Waals surface area (Å²) < 4.78 is 12.0. The number of likely N-dealkylation sites (N-methyl/N-ethyl adjacent to an activating group) is 1. The van der Waals surface area contributed by atoms with E-state index in [4.69, 9.17) is 21.1 Å². The van der Waals surface area contributed by atoms with Crippen LogP contribution in [0.3, 0.4) is 0 Å². The van der Waals surface area contributed by atoms with Crippen molar-refractivity contribution in [1.82, 2.24) is 4.90 Å². The summed E-state index contributed by atoms with van der Waals surface area (Å²) in [7, 11) is 3.36. The molecule has 3 aromatic carbocycles. The maximum Gasteiger partial charge on any atom is 0.317 e. The summed E-state index contributed by atoms with van der Waals surface area (Å²) in [6, 6.07) is 19.1. The number of rotatable bonds is 2. The molecule has 1 aliphatic carbocycles. The van der Waals surface area contributed by atoms with Crippen molar-refractivity contribution in [1.29, 1.82) is 0 Å². The van der Waals surface area contributed by atoms with Crippen LogP contribution in [0.2, 0.25) is 5.02 Å². The van der Waals surface area contributed by atoms with E-state index < -0.39 is 22.8 Å². The van der Waals surface area contributed by atoms with Crippen LogP contribution in [0.5, 0.6) is 0 Å². The van der Waals surface area contributed by atoms with Gasteiger partial charge in [0.05, 0.1) is 7.11 Å². The molecular formula is C25H22ClNO4. The van der Waals surface area contributed by atoms with Crippen molar-refractivity contribution in [3.8, 4) is 0 Å². The van der Waals surface area contributed by atoms with Gasteiger partial charge >= 0.3 is 5.97 Å². The Bertz CT molecular complexity index is 1240. The van der Waals surface area contributed by atoms with Crippen LogP contribution >= 0.6 is 11.6 Å². The van der Waals surface area contributed by atoms with Gasteiger partial charge in [-0.05, 0) is 47.5 Å². The molecule has 2 saturated heterocycles. The first-order valence-electron chi connectivity index (χ1n) is 10.4. The third kappa shape index (κ3) is 1.93. The van der Waals surface area contributed by atoms with Gasteiger partial charge in [-0.1, -0.05) is 60.1 Å². The van der Waals surface area contributed by atoms with Gasteiger partial charge in [-0.25, -0.2) is 0 Å². The molecule has 1 N–H and O–H groups in total. The average molecular weight is 436 g/mol. The zero-order valence-electron chi connectivity index (χ0n) is 17.3. The molecule has 0 aromatic heterocycles. The Kier molecular flexibility index (Phi) is 3.78. The van der Waals surface area contributed by atoms with Crippen molar-refractivity contribution in [2.45, 2.75) is 23.9 Å². The summed E-state index contributed by atoms with van der Waals surface area (Å²) in [6.07, 6.45) is -0.202. The number of esters is 1. The quantitative estimate of drug-likeness (QED) is 0.614. The average Bonchev–Trinajstić information content (AvgIpc) is 3.31. The fraction of sp³-hybridized carbons (Fsp3) is 0.320. The fourth-order valence-electron chi connectivity index (χ4n) is 6.61.